The lowest BCUT2D eigenvalue weighted by molar-refractivity contribution is -0.187. The summed E-state index contributed by atoms with van der Waals surface area (Å²) in [6.45, 7) is 5.16. The Hall–Kier alpha value is -4.35. The van der Waals surface area contributed by atoms with Crippen LogP contribution in [0.3, 0.4) is 0 Å². The van der Waals surface area contributed by atoms with Gasteiger partial charge < -0.3 is 33.4 Å². The van der Waals surface area contributed by atoms with Gasteiger partial charge in [-0.05, 0) is 72.6 Å². The molecule has 0 radical (unpaired) electrons. The van der Waals surface area contributed by atoms with Gasteiger partial charge in [0.1, 0.15) is 18.0 Å². The van der Waals surface area contributed by atoms with E-state index >= 15 is 0 Å². The molecule has 256 valence electrons. The van der Waals surface area contributed by atoms with Crippen molar-refractivity contribution in [3.05, 3.63) is 59.3 Å². The quantitative estimate of drug-likeness (QED) is 0.188. The molecule has 3 aliphatic rings. The zero-order chi connectivity index (χ0) is 34.1. The number of carbonyl (C=O) groups is 3. The van der Waals surface area contributed by atoms with Crippen LogP contribution in [-0.2, 0) is 35.0 Å². The SMILES string of the molecule is COC(=O)[C@H]1[C@H]2C[C@@H]3c4[nH]c5cc(OC)ccc5c4CCN3C[C@H]2C[C@@H](OC(=O)/C=C/c2ccc(OC)c(OC(=O)C(C)C)c2)[C@@H]1OC. The first-order valence-electron chi connectivity index (χ1n) is 16.5. The second-order valence-corrected chi connectivity index (χ2v) is 13.1. The van der Waals surface area contributed by atoms with Crippen molar-refractivity contribution in [2.45, 2.75) is 51.4 Å². The summed E-state index contributed by atoms with van der Waals surface area (Å²) in [4.78, 5) is 45.0. The van der Waals surface area contributed by atoms with Crippen LogP contribution in [0, 0.1) is 23.7 Å². The number of hydrogen-bond acceptors (Lipinski definition) is 10. The minimum atomic E-state index is -0.666. The van der Waals surface area contributed by atoms with E-state index in [4.69, 9.17) is 28.4 Å². The van der Waals surface area contributed by atoms with Crippen LogP contribution in [0.2, 0.25) is 0 Å². The summed E-state index contributed by atoms with van der Waals surface area (Å²) in [5.74, 6) is -0.683. The van der Waals surface area contributed by atoms with Crippen molar-refractivity contribution in [2.75, 3.05) is 41.5 Å². The summed E-state index contributed by atoms with van der Waals surface area (Å²) in [7, 11) is 6.10. The number of piperidine rings is 1. The molecule has 1 aromatic heterocycles. The Morgan fingerprint density at radius 3 is 2.50 bits per heavy atom. The predicted octanol–water partition coefficient (Wildman–Crippen LogP) is 5.11. The maximum atomic E-state index is 13.4. The Kier molecular flexibility index (Phi) is 9.80. The summed E-state index contributed by atoms with van der Waals surface area (Å²) < 4.78 is 33.5. The van der Waals surface area contributed by atoms with Crippen molar-refractivity contribution in [2.24, 2.45) is 23.7 Å². The number of ether oxygens (including phenoxy) is 6. The van der Waals surface area contributed by atoms with E-state index in [2.05, 4.69) is 16.0 Å². The van der Waals surface area contributed by atoms with Gasteiger partial charge in [-0.1, -0.05) is 19.9 Å². The number of carbonyl (C=O) groups excluding carboxylic acids is 3. The monoisotopic (exact) mass is 660 g/mol. The number of benzene rings is 2. The van der Waals surface area contributed by atoms with E-state index in [9.17, 15) is 14.4 Å². The molecular formula is C37H44N2O9. The number of esters is 3. The van der Waals surface area contributed by atoms with Crippen LogP contribution in [0.1, 0.15) is 49.6 Å². The van der Waals surface area contributed by atoms with Gasteiger partial charge in [0.15, 0.2) is 11.5 Å². The number of fused-ring (bicyclic) bond motifs is 6. The number of hydrogen-bond donors (Lipinski definition) is 1. The molecule has 6 atom stereocenters. The minimum absolute atomic E-state index is 0.0210. The standard InChI is InChI=1S/C37H44N2O9/c1-20(2)36(41)48-30-15-21(7-11-29(30)44-4)8-12-32(40)47-31-16-22-19-39-14-13-25-24-10-9-23(43-3)17-27(24)38-34(25)28(39)18-26(22)33(35(31)45-5)37(42)46-6/h7-12,15,17,20,22,26,28,31,33,35,38H,13-14,16,18-19H2,1-6H3/b12-8+/t22-,26+,28-,31-,33+,35+/m1/s1. The maximum absolute atomic E-state index is 13.4. The lowest BCUT2D eigenvalue weighted by Crippen LogP contribution is -2.58. The summed E-state index contributed by atoms with van der Waals surface area (Å²) in [6.07, 6.45) is 3.84. The van der Waals surface area contributed by atoms with E-state index in [0.717, 1.165) is 37.2 Å². The van der Waals surface area contributed by atoms with Crippen LogP contribution in [-0.4, -0.2) is 81.5 Å². The zero-order valence-electron chi connectivity index (χ0n) is 28.3. The summed E-state index contributed by atoms with van der Waals surface area (Å²) >= 11 is 0. The highest BCUT2D eigenvalue weighted by Gasteiger charge is 2.54. The van der Waals surface area contributed by atoms with Crippen molar-refractivity contribution in [1.29, 1.82) is 0 Å². The van der Waals surface area contributed by atoms with Crippen molar-refractivity contribution in [3.63, 3.8) is 0 Å². The Balaban J connectivity index is 1.21. The highest BCUT2D eigenvalue weighted by atomic mass is 16.6. The van der Waals surface area contributed by atoms with Crippen LogP contribution in [0.15, 0.2) is 42.5 Å². The van der Waals surface area contributed by atoms with Gasteiger partial charge in [0.05, 0.1) is 39.2 Å². The molecule has 0 amide bonds. The molecule has 11 heteroatoms. The molecule has 6 rings (SSSR count). The summed E-state index contributed by atoms with van der Waals surface area (Å²) in [6, 6.07) is 11.3. The fourth-order valence-corrected chi connectivity index (χ4v) is 7.81. The molecule has 48 heavy (non-hydrogen) atoms. The van der Waals surface area contributed by atoms with E-state index in [1.165, 1.54) is 36.9 Å². The first-order valence-corrected chi connectivity index (χ1v) is 16.5. The molecule has 2 aromatic carbocycles. The van der Waals surface area contributed by atoms with Gasteiger partial charge in [0.2, 0.25) is 0 Å². The third kappa shape index (κ3) is 6.41. The molecule has 0 bridgehead atoms. The van der Waals surface area contributed by atoms with Crippen LogP contribution in [0.5, 0.6) is 17.2 Å². The molecule has 1 N–H and O–H groups in total. The van der Waals surface area contributed by atoms with E-state index in [1.54, 1.807) is 52.3 Å². The topological polar surface area (TPSA) is 126 Å². The van der Waals surface area contributed by atoms with E-state index in [0.29, 0.717) is 17.7 Å². The largest absolute Gasteiger partial charge is 0.497 e. The Morgan fingerprint density at radius 2 is 1.79 bits per heavy atom. The number of nitrogens with one attached hydrogen (secondary N) is 1. The molecule has 1 aliphatic carbocycles. The normalized spacial score (nSPS) is 25.2. The fraction of sp³-hybridized carbons (Fsp3) is 0.486. The number of rotatable bonds is 9. The van der Waals surface area contributed by atoms with Gasteiger partial charge in [-0.3, -0.25) is 14.5 Å². The fourth-order valence-electron chi connectivity index (χ4n) is 7.81. The molecule has 2 aliphatic heterocycles. The second-order valence-electron chi connectivity index (χ2n) is 13.1. The number of methoxy groups -OCH3 is 4. The van der Waals surface area contributed by atoms with Gasteiger partial charge in [-0.25, -0.2) is 4.79 Å². The first-order chi connectivity index (χ1) is 23.1. The van der Waals surface area contributed by atoms with Crippen molar-refractivity contribution >= 4 is 34.9 Å². The Labute approximate surface area is 280 Å². The van der Waals surface area contributed by atoms with Gasteiger partial charge in [-0.2, -0.15) is 0 Å². The number of aromatic amines is 1. The van der Waals surface area contributed by atoms with Crippen LogP contribution >= 0.6 is 0 Å². The zero-order valence-corrected chi connectivity index (χ0v) is 28.3. The molecule has 0 spiro atoms. The lowest BCUT2D eigenvalue weighted by Gasteiger charge is -2.52. The van der Waals surface area contributed by atoms with E-state index < -0.39 is 30.1 Å². The minimum Gasteiger partial charge on any atom is -0.497 e. The molecule has 11 nitrogen and oxygen atoms in total. The predicted molar refractivity (Wildman–Crippen MR) is 178 cm³/mol. The Morgan fingerprint density at radius 1 is 0.979 bits per heavy atom. The average Bonchev–Trinajstić information content (AvgIpc) is 3.47. The second kappa shape index (κ2) is 14.0. The van der Waals surface area contributed by atoms with Crippen molar-refractivity contribution in [1.82, 2.24) is 9.88 Å². The van der Waals surface area contributed by atoms with E-state index in [-0.39, 0.29) is 35.5 Å². The van der Waals surface area contributed by atoms with Gasteiger partial charge in [0.25, 0.3) is 0 Å². The Bertz CT molecular complexity index is 1710. The third-order valence-corrected chi connectivity index (χ3v) is 10.2. The number of H-pyrrole nitrogens is 1. The van der Waals surface area contributed by atoms with E-state index in [1.807, 2.05) is 12.1 Å². The van der Waals surface area contributed by atoms with Crippen LogP contribution < -0.4 is 14.2 Å². The smallest absolute Gasteiger partial charge is 0.331 e. The molecule has 1 saturated heterocycles. The molecule has 3 aromatic rings. The van der Waals surface area contributed by atoms with Crippen LogP contribution in [0.25, 0.3) is 17.0 Å². The molecule has 1 saturated carbocycles. The average molecular weight is 661 g/mol. The van der Waals surface area contributed by atoms with Crippen molar-refractivity contribution in [3.8, 4) is 17.2 Å². The molecule has 0 unspecified atom stereocenters. The maximum Gasteiger partial charge on any atom is 0.331 e. The molecule has 2 fully saturated rings. The number of nitrogens with zero attached hydrogens (tertiary/aromatic N) is 1. The summed E-state index contributed by atoms with van der Waals surface area (Å²) in [5.41, 5.74) is 4.19. The van der Waals surface area contributed by atoms with Gasteiger partial charge in [-0.15, -0.1) is 0 Å². The lowest BCUT2D eigenvalue weighted by atomic mass is 9.63. The number of aromatic nitrogens is 1. The van der Waals surface area contributed by atoms with Crippen LogP contribution in [0.4, 0.5) is 0 Å². The first kappa shape index (κ1) is 33.5. The molecular weight excluding hydrogens is 616 g/mol. The van der Waals surface area contributed by atoms with Crippen molar-refractivity contribution < 1.29 is 42.8 Å². The highest BCUT2D eigenvalue weighted by Crippen LogP contribution is 2.50. The highest BCUT2D eigenvalue weighted by molar-refractivity contribution is 5.88. The van der Waals surface area contributed by atoms with Gasteiger partial charge in [0, 0.05) is 48.9 Å². The molecule has 3 heterocycles. The summed E-state index contributed by atoms with van der Waals surface area (Å²) in [5, 5.41) is 1.21. The van der Waals surface area contributed by atoms with Gasteiger partial charge >= 0.3 is 17.9 Å². The third-order valence-electron chi connectivity index (χ3n) is 10.2.